The normalized spacial score (nSPS) is 22.3. The molecular formula is C12H19N3. The fourth-order valence-electron chi connectivity index (χ4n) is 2.05. The predicted octanol–water partition coefficient (Wildman–Crippen LogP) is 1.90. The van der Waals surface area contributed by atoms with Crippen molar-refractivity contribution in [1.82, 2.24) is 15.3 Å². The van der Waals surface area contributed by atoms with Crippen molar-refractivity contribution in [2.75, 3.05) is 13.1 Å². The first-order chi connectivity index (χ1) is 7.40. The van der Waals surface area contributed by atoms with Crippen molar-refractivity contribution in [2.45, 2.75) is 38.5 Å². The lowest BCUT2D eigenvalue weighted by Gasteiger charge is -2.12. The molecule has 0 spiro atoms. The van der Waals surface area contributed by atoms with Crippen LogP contribution in [0.25, 0.3) is 0 Å². The molecule has 1 N–H and O–H groups in total. The molecule has 0 aromatic carbocycles. The van der Waals surface area contributed by atoms with E-state index in [1.165, 1.54) is 19.3 Å². The Morgan fingerprint density at radius 1 is 1.47 bits per heavy atom. The molecule has 3 nitrogen and oxygen atoms in total. The number of nitrogens with one attached hydrogen (secondary N) is 1. The standard InChI is InChI=1S/C12H19N3/c1-2-11-6-8-14-12(15-11)10-5-3-4-7-13-9-10/h6,8,10,13H,2-5,7,9H2,1H3. The SMILES string of the molecule is CCc1ccnc(C2CCCCNC2)n1. The van der Waals surface area contributed by atoms with E-state index in [1.54, 1.807) is 0 Å². The maximum Gasteiger partial charge on any atom is 0.132 e. The van der Waals surface area contributed by atoms with Crippen molar-refractivity contribution in [3.63, 3.8) is 0 Å². The zero-order chi connectivity index (χ0) is 10.5. The van der Waals surface area contributed by atoms with Crippen LogP contribution in [-0.4, -0.2) is 23.1 Å². The molecule has 2 heterocycles. The third kappa shape index (κ3) is 2.75. The van der Waals surface area contributed by atoms with Crippen molar-refractivity contribution in [2.24, 2.45) is 0 Å². The second kappa shape index (κ2) is 5.21. The molecule has 0 saturated carbocycles. The van der Waals surface area contributed by atoms with Crippen LogP contribution in [0.1, 0.15) is 43.6 Å². The van der Waals surface area contributed by atoms with Crippen LogP contribution in [0.4, 0.5) is 0 Å². The van der Waals surface area contributed by atoms with Gasteiger partial charge in [-0.2, -0.15) is 0 Å². The Kier molecular flexibility index (Phi) is 3.67. The predicted molar refractivity (Wildman–Crippen MR) is 60.9 cm³/mol. The third-order valence-electron chi connectivity index (χ3n) is 3.01. The summed E-state index contributed by atoms with van der Waals surface area (Å²) in [5.74, 6) is 1.54. The summed E-state index contributed by atoms with van der Waals surface area (Å²) >= 11 is 0. The maximum atomic E-state index is 4.61. The summed E-state index contributed by atoms with van der Waals surface area (Å²) in [5, 5.41) is 3.45. The molecule has 82 valence electrons. The largest absolute Gasteiger partial charge is 0.316 e. The van der Waals surface area contributed by atoms with E-state index >= 15 is 0 Å². The van der Waals surface area contributed by atoms with Crippen LogP contribution in [0.15, 0.2) is 12.3 Å². The highest BCUT2D eigenvalue weighted by molar-refractivity contribution is 5.06. The number of hydrogen-bond donors (Lipinski definition) is 1. The number of rotatable bonds is 2. The summed E-state index contributed by atoms with van der Waals surface area (Å²) in [6.07, 6.45) is 6.68. The summed E-state index contributed by atoms with van der Waals surface area (Å²) in [7, 11) is 0. The highest BCUT2D eigenvalue weighted by Crippen LogP contribution is 2.20. The summed E-state index contributed by atoms with van der Waals surface area (Å²) < 4.78 is 0. The molecule has 1 fully saturated rings. The van der Waals surface area contributed by atoms with Crippen molar-refractivity contribution in [3.05, 3.63) is 23.8 Å². The Morgan fingerprint density at radius 2 is 2.40 bits per heavy atom. The monoisotopic (exact) mass is 205 g/mol. The van der Waals surface area contributed by atoms with E-state index in [2.05, 4.69) is 22.2 Å². The van der Waals surface area contributed by atoms with Gasteiger partial charge in [0.2, 0.25) is 0 Å². The van der Waals surface area contributed by atoms with Crippen molar-refractivity contribution < 1.29 is 0 Å². The van der Waals surface area contributed by atoms with Crippen LogP contribution in [0.2, 0.25) is 0 Å². The van der Waals surface area contributed by atoms with Gasteiger partial charge in [0.15, 0.2) is 0 Å². The highest BCUT2D eigenvalue weighted by Gasteiger charge is 2.16. The minimum Gasteiger partial charge on any atom is -0.316 e. The highest BCUT2D eigenvalue weighted by atomic mass is 14.9. The smallest absolute Gasteiger partial charge is 0.132 e. The van der Waals surface area contributed by atoms with Crippen molar-refractivity contribution in [3.8, 4) is 0 Å². The van der Waals surface area contributed by atoms with Gasteiger partial charge in [-0.25, -0.2) is 9.97 Å². The Morgan fingerprint density at radius 3 is 3.27 bits per heavy atom. The molecule has 0 radical (unpaired) electrons. The third-order valence-corrected chi connectivity index (χ3v) is 3.01. The molecule has 1 saturated heterocycles. The lowest BCUT2D eigenvalue weighted by Crippen LogP contribution is -2.21. The van der Waals surface area contributed by atoms with Crippen LogP contribution in [-0.2, 0) is 6.42 Å². The molecule has 2 rings (SSSR count). The van der Waals surface area contributed by atoms with Crippen LogP contribution >= 0.6 is 0 Å². The Hall–Kier alpha value is -0.960. The maximum absolute atomic E-state index is 4.61. The second-order valence-electron chi connectivity index (χ2n) is 4.16. The molecule has 1 unspecified atom stereocenters. The van der Waals surface area contributed by atoms with Gasteiger partial charge in [-0.3, -0.25) is 0 Å². The van der Waals surface area contributed by atoms with E-state index in [9.17, 15) is 0 Å². The Bertz CT molecular complexity index is 303. The van der Waals surface area contributed by atoms with Crippen LogP contribution in [0.5, 0.6) is 0 Å². The molecule has 0 amide bonds. The second-order valence-corrected chi connectivity index (χ2v) is 4.16. The van der Waals surface area contributed by atoms with Gasteiger partial charge in [0.1, 0.15) is 5.82 Å². The first kappa shape index (κ1) is 10.6. The summed E-state index contributed by atoms with van der Waals surface area (Å²) in [5.41, 5.74) is 1.16. The topological polar surface area (TPSA) is 37.8 Å². The molecule has 1 aliphatic rings. The Labute approximate surface area is 91.3 Å². The van der Waals surface area contributed by atoms with Gasteiger partial charge in [0.05, 0.1) is 0 Å². The van der Waals surface area contributed by atoms with E-state index in [0.29, 0.717) is 5.92 Å². The van der Waals surface area contributed by atoms with E-state index < -0.39 is 0 Å². The first-order valence-corrected chi connectivity index (χ1v) is 5.92. The van der Waals surface area contributed by atoms with Gasteiger partial charge < -0.3 is 5.32 Å². The fraction of sp³-hybridized carbons (Fsp3) is 0.667. The number of aryl methyl sites for hydroxylation is 1. The minimum atomic E-state index is 0.513. The molecule has 0 bridgehead atoms. The van der Waals surface area contributed by atoms with Crippen LogP contribution in [0.3, 0.4) is 0 Å². The molecule has 1 atom stereocenters. The number of nitrogens with zero attached hydrogens (tertiary/aromatic N) is 2. The molecule has 1 aliphatic heterocycles. The van der Waals surface area contributed by atoms with Crippen molar-refractivity contribution >= 4 is 0 Å². The van der Waals surface area contributed by atoms with Crippen molar-refractivity contribution in [1.29, 1.82) is 0 Å². The van der Waals surface area contributed by atoms with E-state index in [0.717, 1.165) is 31.0 Å². The van der Waals surface area contributed by atoms with Gasteiger partial charge in [-0.15, -0.1) is 0 Å². The zero-order valence-corrected chi connectivity index (χ0v) is 9.37. The van der Waals surface area contributed by atoms with Crippen LogP contribution in [0, 0.1) is 0 Å². The summed E-state index contributed by atoms with van der Waals surface area (Å²) in [6.45, 7) is 4.31. The van der Waals surface area contributed by atoms with E-state index in [4.69, 9.17) is 0 Å². The number of hydrogen-bond acceptors (Lipinski definition) is 3. The van der Waals surface area contributed by atoms with Crippen LogP contribution < -0.4 is 5.32 Å². The van der Waals surface area contributed by atoms with Gasteiger partial charge >= 0.3 is 0 Å². The van der Waals surface area contributed by atoms with Gasteiger partial charge in [-0.1, -0.05) is 13.3 Å². The van der Waals surface area contributed by atoms with Gasteiger partial charge in [0.25, 0.3) is 0 Å². The van der Waals surface area contributed by atoms with E-state index in [1.807, 2.05) is 12.3 Å². The summed E-state index contributed by atoms with van der Waals surface area (Å²) in [4.78, 5) is 9.01. The van der Waals surface area contributed by atoms with E-state index in [-0.39, 0.29) is 0 Å². The zero-order valence-electron chi connectivity index (χ0n) is 9.37. The minimum absolute atomic E-state index is 0.513. The molecular weight excluding hydrogens is 186 g/mol. The van der Waals surface area contributed by atoms with Gasteiger partial charge in [-0.05, 0) is 31.9 Å². The molecule has 15 heavy (non-hydrogen) atoms. The average molecular weight is 205 g/mol. The molecule has 0 aliphatic carbocycles. The molecule has 1 aromatic rings. The quantitative estimate of drug-likeness (QED) is 0.801. The lowest BCUT2D eigenvalue weighted by molar-refractivity contribution is 0.574. The Balaban J connectivity index is 2.12. The van der Waals surface area contributed by atoms with Gasteiger partial charge in [0, 0.05) is 24.4 Å². The first-order valence-electron chi connectivity index (χ1n) is 5.92. The number of aromatic nitrogens is 2. The summed E-state index contributed by atoms with van der Waals surface area (Å²) in [6, 6.07) is 2.01. The fourth-order valence-corrected chi connectivity index (χ4v) is 2.05. The molecule has 1 aromatic heterocycles. The molecule has 3 heteroatoms. The average Bonchev–Trinajstić information content (AvgIpc) is 2.58. The lowest BCUT2D eigenvalue weighted by atomic mass is 10.0.